The molecule has 0 amide bonds. The summed E-state index contributed by atoms with van der Waals surface area (Å²) in [6, 6.07) is 12.3. The topological polar surface area (TPSA) is 55.0 Å². The molecule has 3 rings (SSSR count). The average molecular weight is 278 g/mol. The lowest BCUT2D eigenvalue weighted by molar-refractivity contribution is 0.898. The molecule has 0 fully saturated rings. The van der Waals surface area contributed by atoms with Gasteiger partial charge in [0.15, 0.2) is 0 Å². The number of nitrogens with zero attached hydrogens (tertiary/aromatic N) is 3. The first-order valence-electron chi connectivity index (χ1n) is 6.96. The molecule has 106 valence electrons. The van der Waals surface area contributed by atoms with Crippen molar-refractivity contribution in [2.75, 3.05) is 11.9 Å². The Labute approximate surface area is 124 Å². The fraction of sp³-hybridized carbons (Fsp3) is 0.176. The van der Waals surface area contributed by atoms with Crippen LogP contribution in [0.4, 0.5) is 5.82 Å². The minimum atomic E-state index is 0.502. The van der Waals surface area contributed by atoms with Crippen molar-refractivity contribution in [3.63, 3.8) is 0 Å². The number of anilines is 1. The van der Waals surface area contributed by atoms with Crippen LogP contribution in [-0.2, 0) is 13.1 Å². The quantitative estimate of drug-likeness (QED) is 0.797. The van der Waals surface area contributed by atoms with Crippen LogP contribution in [0, 0.1) is 0 Å². The first-order valence-corrected chi connectivity index (χ1v) is 6.96. The van der Waals surface area contributed by atoms with E-state index in [0.717, 1.165) is 23.3 Å². The van der Waals surface area contributed by atoms with Crippen molar-refractivity contribution < 1.29 is 0 Å². The Morgan fingerprint density at radius 2 is 1.76 bits per heavy atom. The summed E-state index contributed by atoms with van der Waals surface area (Å²) >= 11 is 0. The van der Waals surface area contributed by atoms with Crippen LogP contribution in [0.5, 0.6) is 0 Å². The lowest BCUT2D eigenvalue weighted by Crippen LogP contribution is -2.18. The number of rotatable bonds is 4. The molecular weight excluding hydrogens is 260 g/mol. The van der Waals surface area contributed by atoms with Gasteiger partial charge >= 0.3 is 0 Å². The van der Waals surface area contributed by atoms with E-state index in [9.17, 15) is 0 Å². The van der Waals surface area contributed by atoms with Gasteiger partial charge in [-0.15, -0.1) is 0 Å². The Balaban J connectivity index is 2.00. The smallest absolute Gasteiger partial charge is 0.136 e. The maximum Gasteiger partial charge on any atom is 0.136 e. The molecule has 4 nitrogen and oxygen atoms in total. The fourth-order valence-electron chi connectivity index (χ4n) is 2.54. The number of hydrogen-bond donors (Lipinski definition) is 1. The number of fused-ring (bicyclic) bond motifs is 1. The molecule has 0 atom stereocenters. The molecular formula is C17H18N4. The molecule has 0 saturated heterocycles. The van der Waals surface area contributed by atoms with E-state index < -0.39 is 0 Å². The third-order valence-electron chi connectivity index (χ3n) is 3.61. The van der Waals surface area contributed by atoms with Gasteiger partial charge in [-0.2, -0.15) is 0 Å². The highest BCUT2D eigenvalue weighted by Gasteiger charge is 2.10. The van der Waals surface area contributed by atoms with Crippen molar-refractivity contribution in [1.29, 1.82) is 0 Å². The molecule has 0 spiro atoms. The molecule has 3 aromatic rings. The van der Waals surface area contributed by atoms with Crippen LogP contribution in [0.3, 0.4) is 0 Å². The Kier molecular flexibility index (Phi) is 3.79. The first-order chi connectivity index (χ1) is 10.3. The van der Waals surface area contributed by atoms with Gasteiger partial charge < -0.3 is 10.6 Å². The largest absolute Gasteiger partial charge is 0.355 e. The summed E-state index contributed by atoms with van der Waals surface area (Å²) in [7, 11) is 2.05. The summed E-state index contributed by atoms with van der Waals surface area (Å²) in [4.78, 5) is 10.8. The van der Waals surface area contributed by atoms with Crippen molar-refractivity contribution >= 4 is 16.6 Å². The molecule has 4 heteroatoms. The molecule has 21 heavy (non-hydrogen) atoms. The third kappa shape index (κ3) is 2.71. The Morgan fingerprint density at radius 3 is 2.48 bits per heavy atom. The van der Waals surface area contributed by atoms with Crippen LogP contribution in [0.1, 0.15) is 11.1 Å². The SMILES string of the molecule is CN(Cc1ccncc1)c1ncc(CN)c2ccccc12. The van der Waals surface area contributed by atoms with Crippen LogP contribution < -0.4 is 10.6 Å². The highest BCUT2D eigenvalue weighted by Crippen LogP contribution is 2.27. The van der Waals surface area contributed by atoms with E-state index >= 15 is 0 Å². The molecule has 2 aromatic heterocycles. The van der Waals surface area contributed by atoms with Crippen molar-refractivity contribution in [3.05, 3.63) is 66.1 Å². The van der Waals surface area contributed by atoms with E-state index in [1.165, 1.54) is 10.9 Å². The average Bonchev–Trinajstić information content (AvgIpc) is 2.54. The monoisotopic (exact) mass is 278 g/mol. The summed E-state index contributed by atoms with van der Waals surface area (Å²) in [5.41, 5.74) is 8.09. The molecule has 0 radical (unpaired) electrons. The molecule has 0 aliphatic rings. The molecule has 2 heterocycles. The zero-order valence-corrected chi connectivity index (χ0v) is 12.0. The minimum Gasteiger partial charge on any atom is -0.355 e. The van der Waals surface area contributed by atoms with Crippen molar-refractivity contribution in [1.82, 2.24) is 9.97 Å². The highest BCUT2D eigenvalue weighted by atomic mass is 15.2. The molecule has 0 aliphatic heterocycles. The van der Waals surface area contributed by atoms with E-state index in [0.29, 0.717) is 6.54 Å². The third-order valence-corrected chi connectivity index (χ3v) is 3.61. The lowest BCUT2D eigenvalue weighted by Gasteiger charge is -2.21. The van der Waals surface area contributed by atoms with E-state index in [-0.39, 0.29) is 0 Å². The van der Waals surface area contributed by atoms with Gasteiger partial charge in [0.2, 0.25) is 0 Å². The molecule has 2 N–H and O–H groups in total. The van der Waals surface area contributed by atoms with Gasteiger partial charge in [-0.05, 0) is 28.6 Å². The zero-order valence-electron chi connectivity index (χ0n) is 12.0. The standard InChI is InChI=1S/C17H18N4/c1-21(12-13-6-8-19-9-7-13)17-16-5-3-2-4-15(16)14(10-18)11-20-17/h2-9,11H,10,12,18H2,1H3. The second-order valence-electron chi connectivity index (χ2n) is 5.07. The van der Waals surface area contributed by atoms with Gasteiger partial charge in [-0.25, -0.2) is 4.98 Å². The van der Waals surface area contributed by atoms with Crippen LogP contribution in [0.15, 0.2) is 55.0 Å². The van der Waals surface area contributed by atoms with Crippen LogP contribution in [-0.4, -0.2) is 17.0 Å². The summed E-state index contributed by atoms with van der Waals surface area (Å²) in [6.07, 6.45) is 5.50. The first kappa shape index (κ1) is 13.5. The van der Waals surface area contributed by atoms with Gasteiger partial charge in [-0.1, -0.05) is 24.3 Å². The van der Waals surface area contributed by atoms with E-state index in [2.05, 4.69) is 34.0 Å². The number of hydrogen-bond acceptors (Lipinski definition) is 4. The Morgan fingerprint density at radius 1 is 1.05 bits per heavy atom. The predicted molar refractivity (Wildman–Crippen MR) is 86.0 cm³/mol. The summed E-state index contributed by atoms with van der Waals surface area (Å²) in [6.45, 7) is 1.29. The highest BCUT2D eigenvalue weighted by molar-refractivity contribution is 5.94. The Bertz CT molecular complexity index is 740. The fourth-order valence-corrected chi connectivity index (χ4v) is 2.54. The number of benzene rings is 1. The van der Waals surface area contributed by atoms with Crippen molar-refractivity contribution in [2.24, 2.45) is 5.73 Å². The second-order valence-corrected chi connectivity index (χ2v) is 5.07. The van der Waals surface area contributed by atoms with Crippen molar-refractivity contribution in [3.8, 4) is 0 Å². The van der Waals surface area contributed by atoms with E-state index in [1.54, 1.807) is 0 Å². The number of aromatic nitrogens is 2. The number of nitrogens with two attached hydrogens (primary N) is 1. The normalized spacial score (nSPS) is 10.8. The molecule has 0 unspecified atom stereocenters. The maximum absolute atomic E-state index is 5.81. The predicted octanol–water partition coefficient (Wildman–Crippen LogP) is 2.72. The summed E-state index contributed by atoms with van der Waals surface area (Å²) < 4.78 is 0. The van der Waals surface area contributed by atoms with Crippen molar-refractivity contribution in [2.45, 2.75) is 13.1 Å². The van der Waals surface area contributed by atoms with Crippen LogP contribution in [0.25, 0.3) is 10.8 Å². The molecule has 0 saturated carbocycles. The van der Waals surface area contributed by atoms with Gasteiger partial charge in [0.1, 0.15) is 5.82 Å². The second kappa shape index (κ2) is 5.89. The number of pyridine rings is 2. The maximum atomic E-state index is 5.81. The van der Waals surface area contributed by atoms with Gasteiger partial charge in [0, 0.05) is 44.1 Å². The zero-order chi connectivity index (χ0) is 14.7. The minimum absolute atomic E-state index is 0.502. The van der Waals surface area contributed by atoms with Gasteiger partial charge in [-0.3, -0.25) is 4.98 Å². The molecule has 0 bridgehead atoms. The lowest BCUT2D eigenvalue weighted by atomic mass is 10.1. The van der Waals surface area contributed by atoms with Crippen LogP contribution >= 0.6 is 0 Å². The van der Waals surface area contributed by atoms with Crippen LogP contribution in [0.2, 0.25) is 0 Å². The summed E-state index contributed by atoms with van der Waals surface area (Å²) in [5, 5.41) is 2.31. The van der Waals surface area contributed by atoms with E-state index in [4.69, 9.17) is 5.73 Å². The molecule has 0 aliphatic carbocycles. The van der Waals surface area contributed by atoms with E-state index in [1.807, 2.05) is 42.9 Å². The van der Waals surface area contributed by atoms with Gasteiger partial charge in [0.25, 0.3) is 0 Å². The Hall–Kier alpha value is -2.46. The summed E-state index contributed by atoms with van der Waals surface area (Å²) in [5.74, 6) is 0.972. The molecule has 1 aromatic carbocycles. The van der Waals surface area contributed by atoms with Gasteiger partial charge in [0.05, 0.1) is 0 Å².